The van der Waals surface area contributed by atoms with Gasteiger partial charge in [0.05, 0.1) is 19.3 Å². The fourth-order valence-electron chi connectivity index (χ4n) is 6.22. The predicted molar refractivity (Wildman–Crippen MR) is 229 cm³/mol. The molecule has 11 heteroatoms. The second-order valence-electron chi connectivity index (χ2n) is 15.5. The van der Waals surface area contributed by atoms with Crippen molar-refractivity contribution >= 4 is 25.5 Å². The van der Waals surface area contributed by atoms with E-state index < -0.39 is 50.9 Å². The number of Topliss-reactive ketones (excluding diaryl/α,β-unsaturated/α-hetero) is 1. The van der Waals surface area contributed by atoms with Gasteiger partial charge in [0.1, 0.15) is 12.4 Å². The zero-order valence-electron chi connectivity index (χ0n) is 36.0. The molecule has 0 aliphatic carbocycles. The minimum absolute atomic E-state index is 0.0864. The average molecular weight is 814 g/mol. The van der Waals surface area contributed by atoms with E-state index in [1.807, 2.05) is 12.2 Å². The summed E-state index contributed by atoms with van der Waals surface area (Å²) in [7, 11) is -4.61. The van der Waals surface area contributed by atoms with Crippen molar-refractivity contribution in [1.29, 1.82) is 0 Å². The Bertz CT molecular complexity index is 1050. The second kappa shape index (κ2) is 40.0. The summed E-state index contributed by atoms with van der Waals surface area (Å²) in [6.45, 7) is 4.37. The predicted octanol–water partition coefficient (Wildman–Crippen LogP) is 12.3. The molecule has 0 amide bonds. The van der Waals surface area contributed by atoms with Crippen molar-refractivity contribution in [3.63, 3.8) is 0 Å². The number of carbonyl (C=O) groups excluding carboxylic acids is 3. The standard InChI is InChI=1S/C45H84NO9P/c1-4-6-8-10-12-14-16-18-20-21-23-25-27-29-31-33-35-37-45(49)55-42(39-53-56(50,51)54-40-43(46)41(3)47)38-52-44(48)36-34-32-30-28-26-24-22-19-17-15-13-11-9-7-5-2/h25,27,31,33,42-43H,4-24,26,28-30,32,34-40,46H2,1-3H3,(H,50,51). The normalized spacial score (nSPS) is 13.9. The maximum Gasteiger partial charge on any atom is 0.472 e. The van der Waals surface area contributed by atoms with Gasteiger partial charge in [-0.2, -0.15) is 0 Å². The molecule has 0 heterocycles. The van der Waals surface area contributed by atoms with E-state index in [4.69, 9.17) is 24.3 Å². The molecule has 0 aromatic heterocycles. The van der Waals surface area contributed by atoms with Crippen molar-refractivity contribution in [2.24, 2.45) is 5.73 Å². The zero-order valence-corrected chi connectivity index (χ0v) is 36.9. The zero-order chi connectivity index (χ0) is 41.4. The number of phosphoric acid groups is 1. The number of nitrogens with two attached hydrogens (primary N) is 1. The lowest BCUT2D eigenvalue weighted by molar-refractivity contribution is -0.161. The van der Waals surface area contributed by atoms with Gasteiger partial charge in [-0.15, -0.1) is 0 Å². The van der Waals surface area contributed by atoms with Crippen molar-refractivity contribution in [3.05, 3.63) is 24.3 Å². The largest absolute Gasteiger partial charge is 0.472 e. The average Bonchev–Trinajstić information content (AvgIpc) is 3.17. The number of esters is 2. The van der Waals surface area contributed by atoms with Gasteiger partial charge in [-0.25, -0.2) is 4.57 Å². The third-order valence-corrected chi connectivity index (χ3v) is 10.9. The van der Waals surface area contributed by atoms with E-state index >= 15 is 0 Å². The highest BCUT2D eigenvalue weighted by Gasteiger charge is 2.27. The molecule has 0 fully saturated rings. The van der Waals surface area contributed by atoms with Crippen LogP contribution in [-0.4, -0.2) is 54.6 Å². The molecular formula is C45H84NO9P. The number of hydrogen-bond acceptors (Lipinski definition) is 9. The SMILES string of the molecule is CCCCCCCCCCCCC=CCC=CCCC(=O)OC(COC(=O)CCCCCCCCCCCCCCCCC)COP(=O)(O)OCC(N)C(C)=O. The van der Waals surface area contributed by atoms with Crippen LogP contribution in [0.4, 0.5) is 0 Å². The van der Waals surface area contributed by atoms with Crippen LogP contribution in [0.5, 0.6) is 0 Å². The molecule has 0 aliphatic heterocycles. The number of hydrogen-bond donors (Lipinski definition) is 2. The van der Waals surface area contributed by atoms with Crippen LogP contribution in [-0.2, 0) is 37.5 Å². The van der Waals surface area contributed by atoms with Gasteiger partial charge in [0.25, 0.3) is 0 Å². The van der Waals surface area contributed by atoms with Crippen LogP contribution >= 0.6 is 7.82 Å². The van der Waals surface area contributed by atoms with Gasteiger partial charge in [-0.1, -0.05) is 186 Å². The van der Waals surface area contributed by atoms with Crippen LogP contribution in [0.15, 0.2) is 24.3 Å². The molecule has 0 aromatic carbocycles. The number of rotatable bonds is 42. The van der Waals surface area contributed by atoms with E-state index in [2.05, 4.69) is 26.0 Å². The Morgan fingerprint density at radius 3 is 1.46 bits per heavy atom. The summed E-state index contributed by atoms with van der Waals surface area (Å²) < 4.78 is 33.0. The van der Waals surface area contributed by atoms with Gasteiger partial charge in [-0.05, 0) is 39.0 Å². The van der Waals surface area contributed by atoms with Gasteiger partial charge in [0, 0.05) is 12.8 Å². The van der Waals surface area contributed by atoms with E-state index in [9.17, 15) is 23.8 Å². The minimum atomic E-state index is -4.61. The Kier molecular flexibility index (Phi) is 38.6. The van der Waals surface area contributed by atoms with E-state index in [-0.39, 0.29) is 19.4 Å². The maximum absolute atomic E-state index is 12.6. The molecule has 0 radical (unpaired) electrons. The summed E-state index contributed by atoms with van der Waals surface area (Å²) in [5.41, 5.74) is 5.58. The number of ether oxygens (including phenoxy) is 2. The summed E-state index contributed by atoms with van der Waals surface area (Å²) in [6.07, 6.45) is 41.6. The molecule has 0 aliphatic rings. The molecule has 0 saturated carbocycles. The molecule has 3 N–H and O–H groups in total. The summed E-state index contributed by atoms with van der Waals surface area (Å²) in [6, 6.07) is -1.08. The first-order valence-corrected chi connectivity index (χ1v) is 24.1. The van der Waals surface area contributed by atoms with Crippen LogP contribution in [0.1, 0.15) is 213 Å². The Morgan fingerprint density at radius 1 is 0.554 bits per heavy atom. The number of carbonyl (C=O) groups is 3. The van der Waals surface area contributed by atoms with Crippen molar-refractivity contribution in [2.75, 3.05) is 19.8 Å². The van der Waals surface area contributed by atoms with Crippen LogP contribution in [0.25, 0.3) is 0 Å². The van der Waals surface area contributed by atoms with Crippen molar-refractivity contribution in [2.45, 2.75) is 226 Å². The third-order valence-electron chi connectivity index (χ3n) is 9.92. The van der Waals surface area contributed by atoms with E-state index in [0.717, 1.165) is 32.1 Å². The highest BCUT2D eigenvalue weighted by atomic mass is 31.2. The smallest absolute Gasteiger partial charge is 0.462 e. The van der Waals surface area contributed by atoms with Crippen LogP contribution in [0.2, 0.25) is 0 Å². The molecule has 0 spiro atoms. The van der Waals surface area contributed by atoms with Gasteiger partial charge >= 0.3 is 19.8 Å². The fraction of sp³-hybridized carbons (Fsp3) is 0.844. The van der Waals surface area contributed by atoms with E-state index in [1.54, 1.807) is 0 Å². The highest BCUT2D eigenvalue weighted by molar-refractivity contribution is 7.47. The molecule has 3 unspecified atom stereocenters. The Morgan fingerprint density at radius 2 is 0.982 bits per heavy atom. The first-order chi connectivity index (χ1) is 27.1. The highest BCUT2D eigenvalue weighted by Crippen LogP contribution is 2.43. The van der Waals surface area contributed by atoms with Crippen LogP contribution in [0.3, 0.4) is 0 Å². The second-order valence-corrected chi connectivity index (χ2v) is 16.9. The van der Waals surface area contributed by atoms with Crippen molar-refractivity contribution in [1.82, 2.24) is 0 Å². The summed E-state index contributed by atoms with van der Waals surface area (Å²) in [4.78, 5) is 46.5. The molecule has 0 rings (SSSR count). The fourth-order valence-corrected chi connectivity index (χ4v) is 7.00. The lowest BCUT2D eigenvalue weighted by Crippen LogP contribution is -2.33. The van der Waals surface area contributed by atoms with Gasteiger partial charge in [0.15, 0.2) is 6.10 Å². The van der Waals surface area contributed by atoms with Crippen LogP contribution < -0.4 is 5.73 Å². The summed E-state index contributed by atoms with van der Waals surface area (Å²) >= 11 is 0. The van der Waals surface area contributed by atoms with Crippen molar-refractivity contribution in [3.8, 4) is 0 Å². The molecule has 10 nitrogen and oxygen atoms in total. The monoisotopic (exact) mass is 814 g/mol. The summed E-state index contributed by atoms with van der Waals surface area (Å²) in [5.74, 6) is -1.39. The number of allylic oxidation sites excluding steroid dienone is 4. The molecule has 0 aromatic rings. The number of phosphoric ester groups is 1. The molecule has 56 heavy (non-hydrogen) atoms. The molecule has 0 bridgehead atoms. The Labute approximate surface area is 342 Å². The van der Waals surface area contributed by atoms with Gasteiger partial charge in [-0.3, -0.25) is 23.4 Å². The summed E-state index contributed by atoms with van der Waals surface area (Å²) in [5, 5.41) is 0. The lowest BCUT2D eigenvalue weighted by atomic mass is 10.0. The van der Waals surface area contributed by atoms with Crippen molar-refractivity contribution < 1.29 is 42.4 Å². The minimum Gasteiger partial charge on any atom is -0.462 e. The first kappa shape index (κ1) is 54.2. The van der Waals surface area contributed by atoms with Crippen LogP contribution in [0, 0.1) is 0 Å². The van der Waals surface area contributed by atoms with Gasteiger partial charge < -0.3 is 20.1 Å². The first-order valence-electron chi connectivity index (χ1n) is 22.6. The topological polar surface area (TPSA) is 151 Å². The molecule has 3 atom stereocenters. The quantitative estimate of drug-likeness (QED) is 0.0264. The molecular weight excluding hydrogens is 729 g/mol. The maximum atomic E-state index is 12.6. The number of ketones is 1. The number of unbranched alkanes of at least 4 members (excludes halogenated alkanes) is 24. The molecule has 0 saturated heterocycles. The Hall–Kier alpha value is -1.84. The van der Waals surface area contributed by atoms with E-state index in [0.29, 0.717) is 12.8 Å². The Balaban J connectivity index is 4.40. The third kappa shape index (κ3) is 39.0. The van der Waals surface area contributed by atoms with E-state index in [1.165, 1.54) is 142 Å². The molecule has 328 valence electrons. The lowest BCUT2D eigenvalue weighted by Gasteiger charge is -2.20. The van der Waals surface area contributed by atoms with Gasteiger partial charge in [0.2, 0.25) is 0 Å².